The molecule has 2 amide bonds. The van der Waals surface area contributed by atoms with E-state index in [-0.39, 0.29) is 11.8 Å². The number of fused-ring (bicyclic) bond motifs is 1. The van der Waals surface area contributed by atoms with Crippen LogP contribution in [-0.4, -0.2) is 86.4 Å². The maximum atomic E-state index is 13.1. The van der Waals surface area contributed by atoms with Gasteiger partial charge in [-0.05, 0) is 57.4 Å². The number of carbonyl (C=O) groups excluding carboxylic acids is 2. The van der Waals surface area contributed by atoms with Crippen LogP contribution in [0.25, 0.3) is 16.8 Å². The number of likely N-dealkylation sites (tertiary alicyclic amines) is 1. The van der Waals surface area contributed by atoms with Gasteiger partial charge in [-0.15, -0.1) is 0 Å². The van der Waals surface area contributed by atoms with E-state index in [2.05, 4.69) is 28.8 Å². The fourth-order valence-corrected chi connectivity index (χ4v) is 4.94. The van der Waals surface area contributed by atoms with Gasteiger partial charge in [-0.2, -0.15) is 5.10 Å². The monoisotopic (exact) mass is 460 g/mol. The molecular formula is C26H32N6O2. The average molecular weight is 461 g/mol. The predicted octanol–water partition coefficient (Wildman–Crippen LogP) is 3.19. The first-order valence-electron chi connectivity index (χ1n) is 12.3. The third kappa shape index (κ3) is 4.30. The largest absolute Gasteiger partial charge is 0.339 e. The lowest BCUT2D eigenvalue weighted by atomic mass is 10.1. The highest BCUT2D eigenvalue weighted by Gasteiger charge is 2.25. The van der Waals surface area contributed by atoms with Gasteiger partial charge in [-0.25, -0.2) is 4.52 Å². The van der Waals surface area contributed by atoms with E-state index in [4.69, 9.17) is 0 Å². The molecule has 3 aromatic heterocycles. The summed E-state index contributed by atoms with van der Waals surface area (Å²) in [4.78, 5) is 36.7. The molecule has 0 radical (unpaired) electrons. The Morgan fingerprint density at radius 1 is 0.824 bits per heavy atom. The van der Waals surface area contributed by atoms with Gasteiger partial charge in [0.2, 0.25) is 0 Å². The van der Waals surface area contributed by atoms with Crippen LogP contribution in [-0.2, 0) is 0 Å². The summed E-state index contributed by atoms with van der Waals surface area (Å²) in [5.41, 5.74) is 3.56. The molecule has 0 bridgehead atoms. The molecule has 2 fully saturated rings. The maximum absolute atomic E-state index is 13.1. The van der Waals surface area contributed by atoms with E-state index in [0.717, 1.165) is 68.9 Å². The zero-order valence-electron chi connectivity index (χ0n) is 20.0. The number of nitrogens with zero attached hydrogens (tertiary/aromatic N) is 6. The fraction of sp³-hybridized carbons (Fsp3) is 0.462. The van der Waals surface area contributed by atoms with Crippen LogP contribution >= 0.6 is 0 Å². The van der Waals surface area contributed by atoms with Crippen molar-refractivity contribution in [3.05, 3.63) is 54.0 Å². The molecule has 0 N–H and O–H groups in total. The summed E-state index contributed by atoms with van der Waals surface area (Å²) >= 11 is 0. The molecule has 8 nitrogen and oxygen atoms in total. The molecule has 2 aliphatic rings. The summed E-state index contributed by atoms with van der Waals surface area (Å²) in [6.45, 7) is 9.21. The Labute approximate surface area is 200 Å². The Morgan fingerprint density at radius 3 is 2.24 bits per heavy atom. The minimum atomic E-state index is -0.0262. The number of amides is 2. The second-order valence-electron chi connectivity index (χ2n) is 9.47. The van der Waals surface area contributed by atoms with Gasteiger partial charge in [0.15, 0.2) is 0 Å². The quantitative estimate of drug-likeness (QED) is 0.598. The SMILES string of the molecule is CC(C)N1CCN(C(=O)c2ccc(-c3cccc4c(C(=O)N5CCCCC5)cnn34)cn2)CC1. The van der Waals surface area contributed by atoms with Crippen LogP contribution in [0.2, 0.25) is 0 Å². The van der Waals surface area contributed by atoms with Gasteiger partial charge in [0.1, 0.15) is 5.69 Å². The number of hydrogen-bond donors (Lipinski definition) is 0. The Kier molecular flexibility index (Phi) is 6.32. The van der Waals surface area contributed by atoms with E-state index in [1.807, 2.05) is 34.1 Å². The number of carbonyl (C=O) groups is 2. The van der Waals surface area contributed by atoms with Crippen molar-refractivity contribution in [2.45, 2.75) is 39.2 Å². The Morgan fingerprint density at radius 2 is 1.56 bits per heavy atom. The number of rotatable bonds is 4. The van der Waals surface area contributed by atoms with Crippen LogP contribution in [0, 0.1) is 0 Å². The lowest BCUT2D eigenvalue weighted by Crippen LogP contribution is -2.50. The number of piperidine rings is 1. The third-order valence-electron chi connectivity index (χ3n) is 7.03. The van der Waals surface area contributed by atoms with Gasteiger partial charge in [0.25, 0.3) is 11.8 Å². The first kappa shape index (κ1) is 22.5. The maximum Gasteiger partial charge on any atom is 0.272 e. The molecule has 3 aromatic rings. The average Bonchev–Trinajstić information content (AvgIpc) is 3.33. The van der Waals surface area contributed by atoms with Crippen molar-refractivity contribution in [3.8, 4) is 11.3 Å². The van der Waals surface area contributed by atoms with Crippen molar-refractivity contribution in [1.82, 2.24) is 29.3 Å². The normalized spacial score (nSPS) is 17.5. The minimum Gasteiger partial charge on any atom is -0.339 e. The summed E-state index contributed by atoms with van der Waals surface area (Å²) in [5.74, 6) is 0.0187. The van der Waals surface area contributed by atoms with Gasteiger partial charge >= 0.3 is 0 Å². The van der Waals surface area contributed by atoms with Crippen LogP contribution in [0.3, 0.4) is 0 Å². The Bertz CT molecular complexity index is 1170. The van der Waals surface area contributed by atoms with Gasteiger partial charge in [0, 0.05) is 57.1 Å². The van der Waals surface area contributed by atoms with E-state index in [1.54, 1.807) is 23.0 Å². The highest BCUT2D eigenvalue weighted by molar-refractivity contribution is 6.01. The second-order valence-corrected chi connectivity index (χ2v) is 9.47. The number of aromatic nitrogens is 3. The van der Waals surface area contributed by atoms with Crippen LogP contribution in [0.15, 0.2) is 42.7 Å². The molecule has 8 heteroatoms. The summed E-state index contributed by atoms with van der Waals surface area (Å²) in [6, 6.07) is 10.0. The minimum absolute atomic E-state index is 0.0262. The molecule has 0 atom stereocenters. The molecule has 0 spiro atoms. The van der Waals surface area contributed by atoms with Crippen molar-refractivity contribution in [3.63, 3.8) is 0 Å². The molecule has 178 valence electrons. The van der Waals surface area contributed by atoms with E-state index in [9.17, 15) is 9.59 Å². The van der Waals surface area contributed by atoms with Crippen molar-refractivity contribution in [2.75, 3.05) is 39.3 Å². The first-order valence-corrected chi connectivity index (χ1v) is 12.3. The molecule has 34 heavy (non-hydrogen) atoms. The van der Waals surface area contributed by atoms with Crippen LogP contribution in [0.4, 0.5) is 0 Å². The van der Waals surface area contributed by atoms with Crippen molar-refractivity contribution >= 4 is 17.3 Å². The molecule has 0 saturated carbocycles. The molecular weight excluding hydrogens is 428 g/mol. The number of pyridine rings is 2. The zero-order chi connectivity index (χ0) is 23.7. The molecule has 0 aliphatic carbocycles. The molecule has 2 saturated heterocycles. The van der Waals surface area contributed by atoms with Crippen LogP contribution in [0.5, 0.6) is 0 Å². The van der Waals surface area contributed by atoms with Crippen molar-refractivity contribution in [1.29, 1.82) is 0 Å². The summed E-state index contributed by atoms with van der Waals surface area (Å²) in [6.07, 6.45) is 6.68. The summed E-state index contributed by atoms with van der Waals surface area (Å²) in [5, 5.41) is 4.52. The standard InChI is InChI=1S/C26H32N6O2/c1-19(2)29-13-15-31(16-14-29)26(34)22-10-9-20(17-27-22)23-7-6-8-24-21(18-28-32(23)24)25(33)30-11-4-3-5-12-30/h6-10,17-19H,3-5,11-16H2,1-2H3. The van der Waals surface area contributed by atoms with Gasteiger partial charge in [-0.3, -0.25) is 19.5 Å². The smallest absolute Gasteiger partial charge is 0.272 e. The molecule has 0 aromatic carbocycles. The number of piperazine rings is 1. The Hall–Kier alpha value is -3.26. The van der Waals surface area contributed by atoms with Crippen molar-refractivity contribution in [2.24, 2.45) is 0 Å². The van der Waals surface area contributed by atoms with Crippen LogP contribution in [0.1, 0.15) is 54.0 Å². The molecule has 5 heterocycles. The van der Waals surface area contributed by atoms with E-state index in [1.165, 1.54) is 6.42 Å². The number of hydrogen-bond acceptors (Lipinski definition) is 5. The Balaban J connectivity index is 1.35. The van der Waals surface area contributed by atoms with E-state index >= 15 is 0 Å². The molecule has 0 unspecified atom stereocenters. The van der Waals surface area contributed by atoms with Crippen molar-refractivity contribution < 1.29 is 9.59 Å². The summed E-state index contributed by atoms with van der Waals surface area (Å²) < 4.78 is 1.79. The first-order chi connectivity index (χ1) is 16.5. The third-order valence-corrected chi connectivity index (χ3v) is 7.03. The fourth-order valence-electron chi connectivity index (χ4n) is 4.94. The second kappa shape index (κ2) is 9.54. The molecule has 5 rings (SSSR count). The predicted molar refractivity (Wildman–Crippen MR) is 131 cm³/mol. The van der Waals surface area contributed by atoms with Crippen LogP contribution < -0.4 is 0 Å². The lowest BCUT2D eigenvalue weighted by molar-refractivity contribution is 0.0589. The summed E-state index contributed by atoms with van der Waals surface area (Å²) in [7, 11) is 0. The lowest BCUT2D eigenvalue weighted by Gasteiger charge is -2.36. The van der Waals surface area contributed by atoms with E-state index in [0.29, 0.717) is 17.3 Å². The van der Waals surface area contributed by atoms with Gasteiger partial charge in [-0.1, -0.05) is 6.07 Å². The topological polar surface area (TPSA) is 74.1 Å². The highest BCUT2D eigenvalue weighted by Crippen LogP contribution is 2.24. The van der Waals surface area contributed by atoms with E-state index < -0.39 is 0 Å². The van der Waals surface area contributed by atoms with Gasteiger partial charge < -0.3 is 9.80 Å². The zero-order valence-corrected chi connectivity index (χ0v) is 20.0. The van der Waals surface area contributed by atoms with Gasteiger partial charge in [0.05, 0.1) is 23.0 Å². The molecule has 2 aliphatic heterocycles. The highest BCUT2D eigenvalue weighted by atomic mass is 16.2.